The van der Waals surface area contributed by atoms with E-state index in [9.17, 15) is 0 Å². The molecule has 2 N–H and O–H groups in total. The Balaban J connectivity index is 2.95. The number of likely N-dealkylation sites (N-methyl/N-ethyl adjacent to an activating group) is 2. The van der Waals surface area contributed by atoms with E-state index in [0.717, 1.165) is 18.8 Å². The Bertz CT molecular complexity index is 409. The summed E-state index contributed by atoms with van der Waals surface area (Å²) in [6.07, 6.45) is 0. The van der Waals surface area contributed by atoms with Crippen LogP contribution in [0.1, 0.15) is 32.4 Å². The molecule has 0 bridgehead atoms. The Hall–Kier alpha value is -1.10. The third-order valence-corrected chi connectivity index (χ3v) is 3.74. The Morgan fingerprint density at radius 1 is 1.24 bits per heavy atom. The van der Waals surface area contributed by atoms with Crippen LogP contribution in [0.3, 0.4) is 0 Å². The van der Waals surface area contributed by atoms with Gasteiger partial charge in [0.05, 0.1) is 6.61 Å². The Labute approximate surface area is 129 Å². The molecule has 0 aliphatic heterocycles. The highest BCUT2D eigenvalue weighted by molar-refractivity contribution is 5.31. The van der Waals surface area contributed by atoms with Gasteiger partial charge in [0.1, 0.15) is 5.75 Å². The van der Waals surface area contributed by atoms with Gasteiger partial charge in [0, 0.05) is 25.2 Å². The summed E-state index contributed by atoms with van der Waals surface area (Å²) < 4.78 is 5.61. The first-order valence-corrected chi connectivity index (χ1v) is 7.86. The zero-order valence-corrected chi connectivity index (χ0v) is 14.2. The van der Waals surface area contributed by atoms with Gasteiger partial charge in [-0.2, -0.15) is 0 Å². The van der Waals surface area contributed by atoms with Gasteiger partial charge in [-0.25, -0.2) is 0 Å². The van der Waals surface area contributed by atoms with Crippen LogP contribution in [0.5, 0.6) is 5.75 Å². The topological polar surface area (TPSA) is 41.7 Å². The Morgan fingerprint density at radius 2 is 1.95 bits per heavy atom. The van der Waals surface area contributed by atoms with Crippen LogP contribution in [0.15, 0.2) is 24.3 Å². The maximum Gasteiger partial charge on any atom is 0.119 e. The van der Waals surface area contributed by atoms with Crippen molar-refractivity contribution in [3.8, 4) is 5.75 Å². The zero-order valence-electron chi connectivity index (χ0n) is 14.2. The molecule has 1 aromatic rings. The number of hydrogen-bond donors (Lipinski definition) is 1. The third kappa shape index (κ3) is 5.30. The molecule has 2 atom stereocenters. The fourth-order valence-corrected chi connectivity index (χ4v) is 2.91. The summed E-state index contributed by atoms with van der Waals surface area (Å²) in [5.41, 5.74) is 7.31. The lowest BCUT2D eigenvalue weighted by Gasteiger charge is -2.36. The summed E-state index contributed by atoms with van der Waals surface area (Å²) in [4.78, 5) is 4.68. The molecule has 1 rings (SSSR count). The van der Waals surface area contributed by atoms with Crippen molar-refractivity contribution in [2.75, 3.05) is 40.3 Å². The summed E-state index contributed by atoms with van der Waals surface area (Å²) in [6.45, 7) is 9.77. The number of ether oxygens (including phenoxy) is 1. The van der Waals surface area contributed by atoms with Crippen LogP contribution in [-0.4, -0.2) is 56.2 Å². The second-order valence-electron chi connectivity index (χ2n) is 5.70. The maximum atomic E-state index is 6.08. The molecule has 0 aromatic heterocycles. The van der Waals surface area contributed by atoms with Crippen LogP contribution in [0.4, 0.5) is 0 Å². The predicted molar refractivity (Wildman–Crippen MR) is 89.8 cm³/mol. The first-order valence-electron chi connectivity index (χ1n) is 7.86. The van der Waals surface area contributed by atoms with Gasteiger partial charge in [-0.3, -0.25) is 4.90 Å². The molecular formula is C17H31N3O. The van der Waals surface area contributed by atoms with E-state index in [0.29, 0.717) is 19.2 Å². The lowest BCUT2D eigenvalue weighted by Crippen LogP contribution is -2.44. The van der Waals surface area contributed by atoms with E-state index in [2.05, 4.69) is 49.9 Å². The SMILES string of the molecule is CCOc1cccc(C(CN)N(CC)C(C)CN(C)C)c1. The van der Waals surface area contributed by atoms with Crippen molar-refractivity contribution in [2.45, 2.75) is 32.9 Å². The van der Waals surface area contributed by atoms with E-state index in [1.807, 2.05) is 19.1 Å². The third-order valence-electron chi connectivity index (χ3n) is 3.74. The van der Waals surface area contributed by atoms with Crippen molar-refractivity contribution < 1.29 is 4.74 Å². The van der Waals surface area contributed by atoms with Crippen molar-refractivity contribution in [1.29, 1.82) is 0 Å². The standard InChI is InChI=1S/C17H31N3O/c1-6-20(14(3)13-19(4)5)17(12-18)15-9-8-10-16(11-15)21-7-2/h8-11,14,17H,6-7,12-13,18H2,1-5H3. The van der Waals surface area contributed by atoms with Gasteiger partial charge in [0.25, 0.3) is 0 Å². The summed E-state index contributed by atoms with van der Waals surface area (Å²) in [7, 11) is 4.22. The lowest BCUT2D eigenvalue weighted by molar-refractivity contribution is 0.131. The lowest BCUT2D eigenvalue weighted by atomic mass is 10.0. The number of benzene rings is 1. The fraction of sp³-hybridized carbons (Fsp3) is 0.647. The average Bonchev–Trinajstić information content (AvgIpc) is 2.44. The Morgan fingerprint density at radius 3 is 2.48 bits per heavy atom. The highest BCUT2D eigenvalue weighted by Crippen LogP contribution is 2.25. The van der Waals surface area contributed by atoms with Crippen LogP contribution < -0.4 is 10.5 Å². The van der Waals surface area contributed by atoms with Crippen LogP contribution in [0.2, 0.25) is 0 Å². The molecule has 4 heteroatoms. The minimum absolute atomic E-state index is 0.227. The molecule has 0 heterocycles. The number of nitrogens with two attached hydrogens (primary N) is 1. The second kappa shape index (κ2) is 9.03. The van der Waals surface area contributed by atoms with Gasteiger partial charge in [0.2, 0.25) is 0 Å². The molecule has 120 valence electrons. The monoisotopic (exact) mass is 293 g/mol. The van der Waals surface area contributed by atoms with E-state index in [1.165, 1.54) is 5.56 Å². The first-order chi connectivity index (χ1) is 10.0. The molecule has 0 aliphatic rings. The zero-order chi connectivity index (χ0) is 15.8. The minimum atomic E-state index is 0.227. The van der Waals surface area contributed by atoms with Crippen LogP contribution >= 0.6 is 0 Å². The summed E-state index contributed by atoms with van der Waals surface area (Å²) in [5.74, 6) is 0.921. The van der Waals surface area contributed by atoms with Crippen molar-refractivity contribution in [2.24, 2.45) is 5.73 Å². The number of nitrogens with zero attached hydrogens (tertiary/aromatic N) is 2. The van der Waals surface area contributed by atoms with Crippen LogP contribution in [0, 0.1) is 0 Å². The van der Waals surface area contributed by atoms with Gasteiger partial charge >= 0.3 is 0 Å². The normalized spacial score (nSPS) is 14.5. The molecule has 2 unspecified atom stereocenters. The van der Waals surface area contributed by atoms with Gasteiger partial charge in [0.15, 0.2) is 0 Å². The summed E-state index contributed by atoms with van der Waals surface area (Å²) in [5, 5.41) is 0. The molecule has 1 aromatic carbocycles. The summed E-state index contributed by atoms with van der Waals surface area (Å²) in [6, 6.07) is 8.99. The molecule has 4 nitrogen and oxygen atoms in total. The highest BCUT2D eigenvalue weighted by Gasteiger charge is 2.23. The van der Waals surface area contributed by atoms with E-state index < -0.39 is 0 Å². The van der Waals surface area contributed by atoms with Gasteiger partial charge in [-0.05, 0) is 52.2 Å². The van der Waals surface area contributed by atoms with Gasteiger partial charge < -0.3 is 15.4 Å². The molecule has 0 radical (unpaired) electrons. The molecule has 0 aliphatic carbocycles. The molecule has 0 spiro atoms. The van der Waals surface area contributed by atoms with Crippen LogP contribution in [0.25, 0.3) is 0 Å². The van der Waals surface area contributed by atoms with Crippen molar-refractivity contribution in [3.05, 3.63) is 29.8 Å². The summed E-state index contributed by atoms with van der Waals surface area (Å²) >= 11 is 0. The molecule has 21 heavy (non-hydrogen) atoms. The molecule has 0 saturated heterocycles. The minimum Gasteiger partial charge on any atom is -0.494 e. The highest BCUT2D eigenvalue weighted by atomic mass is 16.5. The smallest absolute Gasteiger partial charge is 0.119 e. The number of rotatable bonds is 9. The van der Waals surface area contributed by atoms with Crippen molar-refractivity contribution >= 4 is 0 Å². The average molecular weight is 293 g/mol. The first kappa shape index (κ1) is 18.0. The second-order valence-corrected chi connectivity index (χ2v) is 5.70. The van der Waals surface area contributed by atoms with Gasteiger partial charge in [-0.1, -0.05) is 19.1 Å². The van der Waals surface area contributed by atoms with E-state index in [1.54, 1.807) is 0 Å². The molecule has 0 saturated carbocycles. The van der Waals surface area contributed by atoms with E-state index >= 15 is 0 Å². The molecular weight excluding hydrogens is 262 g/mol. The van der Waals surface area contributed by atoms with E-state index in [-0.39, 0.29) is 6.04 Å². The largest absolute Gasteiger partial charge is 0.494 e. The molecule has 0 fully saturated rings. The Kier molecular flexibility index (Phi) is 7.72. The fourth-order valence-electron chi connectivity index (χ4n) is 2.91. The number of hydrogen-bond acceptors (Lipinski definition) is 4. The van der Waals surface area contributed by atoms with Crippen LogP contribution in [-0.2, 0) is 0 Å². The quantitative estimate of drug-likeness (QED) is 0.759. The maximum absolute atomic E-state index is 6.08. The van der Waals surface area contributed by atoms with Crippen molar-refractivity contribution in [1.82, 2.24) is 9.80 Å². The van der Waals surface area contributed by atoms with E-state index in [4.69, 9.17) is 10.5 Å². The molecule has 0 amide bonds. The predicted octanol–water partition coefficient (Wildman–Crippen LogP) is 2.36. The van der Waals surface area contributed by atoms with Gasteiger partial charge in [-0.15, -0.1) is 0 Å². The van der Waals surface area contributed by atoms with Crippen molar-refractivity contribution in [3.63, 3.8) is 0 Å².